The van der Waals surface area contributed by atoms with Gasteiger partial charge < -0.3 is 0 Å². The maximum Gasteiger partial charge on any atom is 0.174 e. The van der Waals surface area contributed by atoms with Crippen LogP contribution in [-0.2, 0) is 12.0 Å². The predicted octanol–water partition coefficient (Wildman–Crippen LogP) is 1.77. The molecule has 4 heteroatoms. The van der Waals surface area contributed by atoms with Gasteiger partial charge in [-0.15, -0.1) is 10.2 Å². The number of aryl methyl sites for hydroxylation is 1. The first-order chi connectivity index (χ1) is 6.04. The van der Waals surface area contributed by atoms with E-state index in [2.05, 4.69) is 43.1 Å². The number of hydrogen-bond donors (Lipinski definition) is 0. The molecule has 0 spiro atoms. The van der Waals surface area contributed by atoms with Crippen LogP contribution in [0.2, 0.25) is 0 Å². The van der Waals surface area contributed by atoms with Crippen LogP contribution in [0.1, 0.15) is 46.4 Å². The Morgan fingerprint density at radius 2 is 2.00 bits per heavy atom. The fraction of sp³-hybridized carbons (Fsp3) is 0.889. The van der Waals surface area contributed by atoms with Crippen molar-refractivity contribution in [2.24, 2.45) is 0 Å². The summed E-state index contributed by atoms with van der Waals surface area (Å²) in [6.07, 6.45) is 3.24. The van der Waals surface area contributed by atoms with Crippen LogP contribution in [0.3, 0.4) is 0 Å². The highest BCUT2D eigenvalue weighted by Gasteiger charge is 2.16. The molecule has 4 nitrogen and oxygen atoms in total. The van der Waals surface area contributed by atoms with Gasteiger partial charge in [0, 0.05) is 6.42 Å². The minimum Gasteiger partial charge on any atom is -0.159 e. The first kappa shape index (κ1) is 10.2. The lowest BCUT2D eigenvalue weighted by Crippen LogP contribution is -2.24. The van der Waals surface area contributed by atoms with Crippen molar-refractivity contribution >= 4 is 0 Å². The summed E-state index contributed by atoms with van der Waals surface area (Å²) < 4.78 is 0. The molecule has 74 valence electrons. The summed E-state index contributed by atoms with van der Waals surface area (Å²) in [4.78, 5) is 1.68. The third-order valence-corrected chi connectivity index (χ3v) is 1.81. The SMILES string of the molecule is CCCCc1nnn(C(C)(C)C)n1. The highest BCUT2D eigenvalue weighted by atomic mass is 15.6. The highest BCUT2D eigenvalue weighted by Crippen LogP contribution is 2.09. The van der Waals surface area contributed by atoms with Crippen molar-refractivity contribution in [3.05, 3.63) is 5.82 Å². The fourth-order valence-electron chi connectivity index (χ4n) is 0.962. The molecule has 1 heterocycles. The zero-order valence-corrected chi connectivity index (χ0v) is 8.91. The van der Waals surface area contributed by atoms with E-state index in [0.29, 0.717) is 0 Å². The van der Waals surface area contributed by atoms with E-state index in [-0.39, 0.29) is 5.54 Å². The summed E-state index contributed by atoms with van der Waals surface area (Å²) in [7, 11) is 0. The summed E-state index contributed by atoms with van der Waals surface area (Å²) in [5.74, 6) is 0.858. The second kappa shape index (κ2) is 3.85. The lowest BCUT2D eigenvalue weighted by molar-refractivity contribution is 0.305. The number of unbranched alkanes of at least 4 members (excludes halogenated alkanes) is 1. The largest absolute Gasteiger partial charge is 0.174 e. The van der Waals surface area contributed by atoms with Crippen molar-refractivity contribution in [3.63, 3.8) is 0 Å². The van der Waals surface area contributed by atoms with E-state index < -0.39 is 0 Å². The van der Waals surface area contributed by atoms with Crippen LogP contribution in [0, 0.1) is 0 Å². The number of aromatic nitrogens is 4. The molecule has 0 unspecified atom stereocenters. The normalized spacial score (nSPS) is 12.0. The van der Waals surface area contributed by atoms with Crippen molar-refractivity contribution < 1.29 is 0 Å². The van der Waals surface area contributed by atoms with Gasteiger partial charge in [0.1, 0.15) is 0 Å². The molecule has 1 aromatic heterocycles. The van der Waals surface area contributed by atoms with E-state index in [0.717, 1.165) is 18.7 Å². The molecular weight excluding hydrogens is 164 g/mol. The Kier molecular flexibility index (Phi) is 3.01. The molecule has 0 aliphatic carbocycles. The van der Waals surface area contributed by atoms with Gasteiger partial charge in [-0.25, -0.2) is 0 Å². The highest BCUT2D eigenvalue weighted by molar-refractivity contribution is 4.78. The van der Waals surface area contributed by atoms with E-state index in [1.807, 2.05) is 0 Å². The number of hydrogen-bond acceptors (Lipinski definition) is 3. The Balaban J connectivity index is 2.64. The first-order valence-electron chi connectivity index (χ1n) is 4.83. The average molecular weight is 182 g/mol. The minimum atomic E-state index is -0.0581. The van der Waals surface area contributed by atoms with Crippen LogP contribution in [0.15, 0.2) is 0 Å². The van der Waals surface area contributed by atoms with Gasteiger partial charge in [0.25, 0.3) is 0 Å². The van der Waals surface area contributed by atoms with Gasteiger partial charge in [-0.2, -0.15) is 4.80 Å². The van der Waals surface area contributed by atoms with Crippen LogP contribution >= 0.6 is 0 Å². The van der Waals surface area contributed by atoms with Crippen LogP contribution in [0.5, 0.6) is 0 Å². The van der Waals surface area contributed by atoms with Gasteiger partial charge in [-0.1, -0.05) is 13.3 Å². The quantitative estimate of drug-likeness (QED) is 0.715. The van der Waals surface area contributed by atoms with Crippen molar-refractivity contribution in [2.45, 2.75) is 52.5 Å². The Hall–Kier alpha value is -0.930. The van der Waals surface area contributed by atoms with Crippen molar-refractivity contribution in [2.75, 3.05) is 0 Å². The molecule has 0 saturated carbocycles. The smallest absolute Gasteiger partial charge is 0.159 e. The molecule has 0 aliphatic rings. The fourth-order valence-corrected chi connectivity index (χ4v) is 0.962. The molecule has 0 saturated heterocycles. The topological polar surface area (TPSA) is 43.6 Å². The lowest BCUT2D eigenvalue weighted by Gasteiger charge is -2.15. The van der Waals surface area contributed by atoms with Crippen molar-refractivity contribution in [1.82, 2.24) is 20.2 Å². The van der Waals surface area contributed by atoms with Gasteiger partial charge >= 0.3 is 0 Å². The molecule has 1 aromatic rings. The van der Waals surface area contributed by atoms with E-state index in [1.54, 1.807) is 4.80 Å². The molecule has 0 fully saturated rings. The number of rotatable bonds is 3. The second-order valence-electron chi connectivity index (χ2n) is 4.27. The van der Waals surface area contributed by atoms with Crippen LogP contribution in [-0.4, -0.2) is 20.2 Å². The predicted molar refractivity (Wildman–Crippen MR) is 51.4 cm³/mol. The second-order valence-corrected chi connectivity index (χ2v) is 4.27. The van der Waals surface area contributed by atoms with E-state index in [9.17, 15) is 0 Å². The number of nitrogens with zero attached hydrogens (tertiary/aromatic N) is 4. The maximum absolute atomic E-state index is 4.31. The summed E-state index contributed by atoms with van der Waals surface area (Å²) in [5.41, 5.74) is -0.0581. The Morgan fingerprint density at radius 3 is 2.46 bits per heavy atom. The molecule has 0 atom stereocenters. The summed E-state index contributed by atoms with van der Waals surface area (Å²) in [6.45, 7) is 8.36. The molecule has 0 bridgehead atoms. The van der Waals surface area contributed by atoms with Gasteiger partial charge in [0.2, 0.25) is 0 Å². The zero-order valence-electron chi connectivity index (χ0n) is 8.91. The summed E-state index contributed by atoms with van der Waals surface area (Å²) >= 11 is 0. The van der Waals surface area contributed by atoms with Gasteiger partial charge in [-0.3, -0.25) is 0 Å². The Bertz CT molecular complexity index is 259. The Labute approximate surface area is 79.3 Å². The zero-order chi connectivity index (χ0) is 9.90. The van der Waals surface area contributed by atoms with E-state index in [4.69, 9.17) is 0 Å². The van der Waals surface area contributed by atoms with Gasteiger partial charge in [-0.05, 0) is 32.4 Å². The monoisotopic (exact) mass is 182 g/mol. The molecule has 0 aliphatic heterocycles. The van der Waals surface area contributed by atoms with E-state index in [1.165, 1.54) is 6.42 Å². The van der Waals surface area contributed by atoms with Crippen LogP contribution < -0.4 is 0 Å². The van der Waals surface area contributed by atoms with Gasteiger partial charge in [0.05, 0.1) is 5.54 Å². The van der Waals surface area contributed by atoms with Crippen molar-refractivity contribution in [1.29, 1.82) is 0 Å². The minimum absolute atomic E-state index is 0.0581. The van der Waals surface area contributed by atoms with Crippen LogP contribution in [0.4, 0.5) is 0 Å². The third-order valence-electron chi connectivity index (χ3n) is 1.81. The molecule has 13 heavy (non-hydrogen) atoms. The summed E-state index contributed by atoms with van der Waals surface area (Å²) in [6, 6.07) is 0. The lowest BCUT2D eigenvalue weighted by atomic mass is 10.1. The number of tetrazole rings is 1. The van der Waals surface area contributed by atoms with Crippen molar-refractivity contribution in [3.8, 4) is 0 Å². The maximum atomic E-state index is 4.31. The van der Waals surface area contributed by atoms with E-state index >= 15 is 0 Å². The molecule has 0 N–H and O–H groups in total. The average Bonchev–Trinajstić information content (AvgIpc) is 2.47. The molecule has 0 amide bonds. The third kappa shape index (κ3) is 2.79. The van der Waals surface area contributed by atoms with Crippen LogP contribution in [0.25, 0.3) is 0 Å². The summed E-state index contributed by atoms with van der Waals surface area (Å²) in [5, 5.41) is 12.3. The first-order valence-corrected chi connectivity index (χ1v) is 4.83. The Morgan fingerprint density at radius 1 is 1.31 bits per heavy atom. The molecule has 0 radical (unpaired) electrons. The van der Waals surface area contributed by atoms with Gasteiger partial charge in [0.15, 0.2) is 5.82 Å². The molecule has 1 rings (SSSR count). The molecule has 0 aromatic carbocycles. The standard InChI is InChI=1S/C9H18N4/c1-5-6-7-8-10-12-13(11-8)9(2,3)4/h5-7H2,1-4H3. The molecular formula is C9H18N4.